The second-order valence-electron chi connectivity index (χ2n) is 7.45. The summed E-state index contributed by atoms with van der Waals surface area (Å²) in [5.41, 5.74) is 1.93. The first-order valence-corrected chi connectivity index (χ1v) is 10.3. The molecular weight excluding hydrogens is 427 g/mol. The van der Waals surface area contributed by atoms with Crippen LogP contribution in [0.2, 0.25) is 0 Å². The molecule has 1 aliphatic heterocycles. The van der Waals surface area contributed by atoms with Gasteiger partial charge in [0, 0.05) is 29.9 Å². The summed E-state index contributed by atoms with van der Waals surface area (Å²) in [7, 11) is 3.11. The van der Waals surface area contributed by atoms with Crippen LogP contribution >= 0.6 is 0 Å². The molecule has 0 fully saturated rings. The SMILES string of the molecule is COc1cccc(CN2Cc3cc(NC(=O)c4ccccc4F)ccc3OCC2=O)c1OC. The summed E-state index contributed by atoms with van der Waals surface area (Å²) in [4.78, 5) is 26.9. The van der Waals surface area contributed by atoms with Gasteiger partial charge in [0.2, 0.25) is 0 Å². The summed E-state index contributed by atoms with van der Waals surface area (Å²) in [6.45, 7) is 0.436. The average Bonchev–Trinajstić information content (AvgIpc) is 2.97. The Labute approximate surface area is 190 Å². The summed E-state index contributed by atoms with van der Waals surface area (Å²) in [6, 6.07) is 16.3. The molecule has 3 aromatic carbocycles. The van der Waals surface area contributed by atoms with Gasteiger partial charge < -0.3 is 24.4 Å². The fourth-order valence-corrected chi connectivity index (χ4v) is 3.72. The number of nitrogens with one attached hydrogen (secondary N) is 1. The number of carbonyl (C=O) groups excluding carboxylic acids is 2. The van der Waals surface area contributed by atoms with E-state index in [1.165, 1.54) is 18.2 Å². The standard InChI is InChI=1S/C25H23FN2O5/c1-31-22-9-5-6-16(24(22)32-2)13-28-14-17-12-18(10-11-21(17)33-15-23(28)29)27-25(30)19-7-3-4-8-20(19)26/h3-12H,13-15H2,1-2H3,(H,27,30). The van der Waals surface area contributed by atoms with Crippen molar-refractivity contribution in [3.63, 3.8) is 0 Å². The van der Waals surface area contributed by atoms with Crippen molar-refractivity contribution in [2.24, 2.45) is 0 Å². The maximum absolute atomic E-state index is 13.9. The number of rotatable bonds is 6. The van der Waals surface area contributed by atoms with E-state index in [1.807, 2.05) is 12.1 Å². The number of anilines is 1. The summed E-state index contributed by atoms with van der Waals surface area (Å²) in [5, 5.41) is 2.70. The molecule has 1 N–H and O–H groups in total. The number of hydrogen-bond acceptors (Lipinski definition) is 5. The molecule has 1 aliphatic rings. The molecule has 8 heteroatoms. The maximum Gasteiger partial charge on any atom is 0.261 e. The van der Waals surface area contributed by atoms with E-state index in [4.69, 9.17) is 14.2 Å². The van der Waals surface area contributed by atoms with Crippen molar-refractivity contribution in [1.29, 1.82) is 0 Å². The van der Waals surface area contributed by atoms with E-state index < -0.39 is 11.7 Å². The van der Waals surface area contributed by atoms with Crippen molar-refractivity contribution in [1.82, 2.24) is 4.90 Å². The minimum Gasteiger partial charge on any atom is -0.493 e. The van der Waals surface area contributed by atoms with Crippen LogP contribution in [0.3, 0.4) is 0 Å². The molecule has 0 unspecified atom stereocenters. The first-order chi connectivity index (χ1) is 16.0. The van der Waals surface area contributed by atoms with Crippen LogP contribution in [0.15, 0.2) is 60.7 Å². The van der Waals surface area contributed by atoms with Gasteiger partial charge in [-0.05, 0) is 36.4 Å². The van der Waals surface area contributed by atoms with Gasteiger partial charge in [-0.2, -0.15) is 0 Å². The highest BCUT2D eigenvalue weighted by molar-refractivity contribution is 6.04. The minimum absolute atomic E-state index is 0.0504. The number of hydrogen-bond donors (Lipinski definition) is 1. The zero-order valence-electron chi connectivity index (χ0n) is 18.3. The zero-order chi connectivity index (χ0) is 23.4. The Kier molecular flexibility index (Phi) is 6.44. The lowest BCUT2D eigenvalue weighted by Crippen LogP contribution is -2.32. The maximum atomic E-state index is 13.9. The number of nitrogens with zero attached hydrogens (tertiary/aromatic N) is 1. The average molecular weight is 450 g/mol. The van der Waals surface area contributed by atoms with Gasteiger partial charge in [-0.15, -0.1) is 0 Å². The van der Waals surface area contributed by atoms with Crippen molar-refractivity contribution in [3.05, 3.63) is 83.2 Å². The van der Waals surface area contributed by atoms with E-state index in [0.29, 0.717) is 28.5 Å². The quantitative estimate of drug-likeness (QED) is 0.614. The molecule has 0 atom stereocenters. The number of fused-ring (bicyclic) bond motifs is 1. The lowest BCUT2D eigenvalue weighted by atomic mass is 10.1. The molecule has 3 aromatic rings. The Morgan fingerprint density at radius 2 is 1.91 bits per heavy atom. The Balaban J connectivity index is 1.57. The highest BCUT2D eigenvalue weighted by atomic mass is 19.1. The number of benzene rings is 3. The van der Waals surface area contributed by atoms with Gasteiger partial charge in [0.15, 0.2) is 18.1 Å². The van der Waals surface area contributed by atoms with E-state index >= 15 is 0 Å². The highest BCUT2D eigenvalue weighted by Gasteiger charge is 2.24. The van der Waals surface area contributed by atoms with Gasteiger partial charge in [-0.25, -0.2) is 4.39 Å². The number of amides is 2. The Hall–Kier alpha value is -4.07. The van der Waals surface area contributed by atoms with E-state index in [0.717, 1.165) is 5.56 Å². The van der Waals surface area contributed by atoms with E-state index in [-0.39, 0.29) is 31.2 Å². The summed E-state index contributed by atoms with van der Waals surface area (Å²) < 4.78 is 30.5. The van der Waals surface area contributed by atoms with Crippen molar-refractivity contribution in [2.45, 2.75) is 13.1 Å². The minimum atomic E-state index is -0.600. The molecule has 4 rings (SSSR count). The molecular formula is C25H23FN2O5. The van der Waals surface area contributed by atoms with Gasteiger partial charge in [0.1, 0.15) is 11.6 Å². The number of ether oxygens (including phenoxy) is 3. The van der Waals surface area contributed by atoms with E-state index in [2.05, 4.69) is 5.32 Å². The van der Waals surface area contributed by atoms with Crippen molar-refractivity contribution >= 4 is 17.5 Å². The highest BCUT2D eigenvalue weighted by Crippen LogP contribution is 2.33. The molecule has 0 bridgehead atoms. The molecule has 0 radical (unpaired) electrons. The van der Waals surface area contributed by atoms with Gasteiger partial charge >= 0.3 is 0 Å². The van der Waals surface area contributed by atoms with Gasteiger partial charge in [-0.3, -0.25) is 9.59 Å². The zero-order valence-corrected chi connectivity index (χ0v) is 18.3. The molecule has 33 heavy (non-hydrogen) atoms. The number of carbonyl (C=O) groups is 2. The van der Waals surface area contributed by atoms with Crippen molar-refractivity contribution < 1.29 is 28.2 Å². The molecule has 170 valence electrons. The topological polar surface area (TPSA) is 77.1 Å². The van der Waals surface area contributed by atoms with Crippen molar-refractivity contribution in [3.8, 4) is 17.2 Å². The van der Waals surface area contributed by atoms with Crippen LogP contribution in [0.5, 0.6) is 17.2 Å². The van der Waals surface area contributed by atoms with Crippen LogP contribution in [-0.2, 0) is 17.9 Å². The molecule has 2 amide bonds. The third kappa shape index (κ3) is 4.74. The smallest absolute Gasteiger partial charge is 0.261 e. The van der Waals surface area contributed by atoms with Crippen molar-refractivity contribution in [2.75, 3.05) is 26.1 Å². The Morgan fingerprint density at radius 1 is 1.09 bits per heavy atom. The molecule has 0 saturated heterocycles. The van der Waals surface area contributed by atoms with Crippen LogP contribution in [0.1, 0.15) is 21.5 Å². The Bertz CT molecular complexity index is 1200. The van der Waals surface area contributed by atoms with Crippen LogP contribution in [-0.4, -0.2) is 37.5 Å². The van der Waals surface area contributed by atoms with Gasteiger partial charge in [0.25, 0.3) is 11.8 Å². The molecule has 7 nitrogen and oxygen atoms in total. The lowest BCUT2D eigenvalue weighted by Gasteiger charge is -2.22. The van der Waals surface area contributed by atoms with Gasteiger partial charge in [0.05, 0.1) is 19.8 Å². The first-order valence-electron chi connectivity index (χ1n) is 10.3. The molecule has 0 spiro atoms. The predicted molar refractivity (Wildman–Crippen MR) is 120 cm³/mol. The lowest BCUT2D eigenvalue weighted by molar-refractivity contribution is -0.133. The summed E-state index contributed by atoms with van der Waals surface area (Å²) in [5.74, 6) is 0.338. The van der Waals surface area contributed by atoms with E-state index in [1.54, 1.807) is 49.5 Å². The van der Waals surface area contributed by atoms with E-state index in [9.17, 15) is 14.0 Å². The van der Waals surface area contributed by atoms with Crippen LogP contribution in [0.4, 0.5) is 10.1 Å². The Morgan fingerprint density at radius 3 is 2.67 bits per heavy atom. The van der Waals surface area contributed by atoms with Crippen LogP contribution in [0.25, 0.3) is 0 Å². The summed E-state index contributed by atoms with van der Waals surface area (Å²) >= 11 is 0. The predicted octanol–water partition coefficient (Wildman–Crippen LogP) is 4.02. The molecule has 0 aromatic heterocycles. The normalized spacial score (nSPS) is 12.9. The largest absolute Gasteiger partial charge is 0.493 e. The second kappa shape index (κ2) is 9.60. The monoisotopic (exact) mass is 450 g/mol. The van der Waals surface area contributed by atoms with Crippen LogP contribution < -0.4 is 19.5 Å². The van der Waals surface area contributed by atoms with Gasteiger partial charge in [-0.1, -0.05) is 24.3 Å². The second-order valence-corrected chi connectivity index (χ2v) is 7.45. The third-order valence-electron chi connectivity index (χ3n) is 5.35. The number of halogens is 1. The molecule has 0 saturated carbocycles. The summed E-state index contributed by atoms with van der Waals surface area (Å²) in [6.07, 6.45) is 0. The molecule has 0 aliphatic carbocycles. The third-order valence-corrected chi connectivity index (χ3v) is 5.35. The fraction of sp³-hybridized carbons (Fsp3) is 0.200. The van der Waals surface area contributed by atoms with Crippen LogP contribution in [0, 0.1) is 5.82 Å². The molecule has 1 heterocycles. The fourth-order valence-electron chi connectivity index (χ4n) is 3.72. The first kappa shape index (κ1) is 22.1. The number of methoxy groups -OCH3 is 2. The number of para-hydroxylation sites is 1.